The fourth-order valence-corrected chi connectivity index (χ4v) is 2.52. The molecule has 0 unspecified atom stereocenters. The third kappa shape index (κ3) is 6.75. The number of hydrogen-bond donors (Lipinski definition) is 2. The number of hydrogen-bond acceptors (Lipinski definition) is 5. The average molecular weight is 384 g/mol. The number of ether oxygens (including phenoxy) is 2. The van der Waals surface area contributed by atoms with Crippen LogP contribution in [0.4, 0.5) is 4.79 Å². The van der Waals surface area contributed by atoms with Gasteiger partial charge in [-0.3, -0.25) is 4.79 Å². The third-order valence-corrected chi connectivity index (χ3v) is 4.02. The van der Waals surface area contributed by atoms with E-state index in [1.54, 1.807) is 0 Å². The smallest absolute Gasteiger partial charge is 0.408 e. The van der Waals surface area contributed by atoms with Crippen molar-refractivity contribution in [1.29, 1.82) is 0 Å². The van der Waals surface area contributed by atoms with Crippen molar-refractivity contribution in [1.82, 2.24) is 10.6 Å². The summed E-state index contributed by atoms with van der Waals surface area (Å²) in [6, 6.07) is 16.7. The van der Waals surface area contributed by atoms with Gasteiger partial charge in [0.2, 0.25) is 5.91 Å². The molecule has 7 nitrogen and oxygen atoms in total. The highest BCUT2D eigenvalue weighted by molar-refractivity contribution is 5.89. The number of nitrogens with one attached hydrogen (secondary N) is 2. The molecule has 0 heterocycles. The minimum Gasteiger partial charge on any atom is -0.467 e. The highest BCUT2D eigenvalue weighted by Crippen LogP contribution is 2.06. The molecular formula is C21H24N2O5. The highest BCUT2D eigenvalue weighted by atomic mass is 16.5. The summed E-state index contributed by atoms with van der Waals surface area (Å²) in [6.07, 6.45) is -0.466. The van der Waals surface area contributed by atoms with Crippen LogP contribution >= 0.6 is 0 Å². The molecule has 0 radical (unpaired) electrons. The van der Waals surface area contributed by atoms with E-state index < -0.39 is 30.1 Å². The van der Waals surface area contributed by atoms with Gasteiger partial charge in [0.15, 0.2) is 0 Å². The van der Waals surface area contributed by atoms with Crippen molar-refractivity contribution >= 4 is 18.0 Å². The number of carbonyl (C=O) groups excluding carboxylic acids is 3. The van der Waals surface area contributed by atoms with Gasteiger partial charge in [0, 0.05) is 6.42 Å². The molecule has 2 atom stereocenters. The lowest BCUT2D eigenvalue weighted by atomic mass is 10.1. The van der Waals surface area contributed by atoms with Gasteiger partial charge in [0.25, 0.3) is 0 Å². The number of methoxy groups -OCH3 is 1. The molecule has 2 aromatic rings. The van der Waals surface area contributed by atoms with Crippen molar-refractivity contribution in [2.24, 2.45) is 0 Å². The molecule has 0 aromatic heterocycles. The summed E-state index contributed by atoms with van der Waals surface area (Å²) in [5, 5.41) is 5.12. The van der Waals surface area contributed by atoms with Gasteiger partial charge in [-0.1, -0.05) is 60.7 Å². The summed E-state index contributed by atoms with van der Waals surface area (Å²) in [6.45, 7) is 1.60. The summed E-state index contributed by atoms with van der Waals surface area (Å²) in [7, 11) is 1.24. The van der Waals surface area contributed by atoms with Crippen molar-refractivity contribution in [2.75, 3.05) is 7.11 Å². The molecule has 7 heteroatoms. The Kier molecular flexibility index (Phi) is 8.02. The molecule has 0 spiro atoms. The number of amides is 2. The quantitative estimate of drug-likeness (QED) is 0.681. The Hall–Kier alpha value is -3.35. The maximum absolute atomic E-state index is 12.6. The molecule has 28 heavy (non-hydrogen) atoms. The van der Waals surface area contributed by atoms with Crippen LogP contribution in [0.1, 0.15) is 18.1 Å². The molecule has 0 fully saturated rings. The summed E-state index contributed by atoms with van der Waals surface area (Å²) in [4.78, 5) is 36.4. The Bertz CT molecular complexity index is 780. The van der Waals surface area contributed by atoms with Crippen LogP contribution in [0.15, 0.2) is 60.7 Å². The summed E-state index contributed by atoms with van der Waals surface area (Å²) < 4.78 is 9.81. The first kappa shape index (κ1) is 21.0. The monoisotopic (exact) mass is 384 g/mol. The summed E-state index contributed by atoms with van der Waals surface area (Å²) in [5.74, 6) is -1.07. The molecule has 0 aliphatic rings. The van der Waals surface area contributed by atoms with Crippen molar-refractivity contribution in [3.8, 4) is 0 Å². The lowest BCUT2D eigenvalue weighted by molar-refractivity contribution is -0.144. The fraction of sp³-hybridized carbons (Fsp3) is 0.286. The van der Waals surface area contributed by atoms with Crippen LogP contribution in [0.3, 0.4) is 0 Å². The Morgan fingerprint density at radius 1 is 0.893 bits per heavy atom. The van der Waals surface area contributed by atoms with Crippen LogP contribution in [0.25, 0.3) is 0 Å². The molecule has 0 bridgehead atoms. The minimum atomic E-state index is -0.905. The predicted molar refractivity (Wildman–Crippen MR) is 103 cm³/mol. The molecule has 0 aliphatic carbocycles. The zero-order chi connectivity index (χ0) is 20.4. The first-order valence-electron chi connectivity index (χ1n) is 8.89. The second kappa shape index (κ2) is 10.7. The molecule has 2 rings (SSSR count). The molecule has 0 saturated carbocycles. The normalized spacial score (nSPS) is 12.4. The van der Waals surface area contributed by atoms with Gasteiger partial charge in [-0.2, -0.15) is 0 Å². The minimum absolute atomic E-state index is 0.0882. The first-order chi connectivity index (χ1) is 13.5. The lowest BCUT2D eigenvalue weighted by Gasteiger charge is -2.20. The molecule has 0 saturated heterocycles. The van der Waals surface area contributed by atoms with E-state index in [1.165, 1.54) is 14.0 Å². The molecule has 0 aliphatic heterocycles. The third-order valence-electron chi connectivity index (χ3n) is 4.02. The lowest BCUT2D eigenvalue weighted by Crippen LogP contribution is -2.52. The zero-order valence-corrected chi connectivity index (χ0v) is 15.9. The maximum Gasteiger partial charge on any atom is 0.408 e. The Morgan fingerprint density at radius 2 is 1.46 bits per heavy atom. The van der Waals surface area contributed by atoms with Gasteiger partial charge < -0.3 is 20.1 Å². The van der Waals surface area contributed by atoms with E-state index in [9.17, 15) is 14.4 Å². The van der Waals surface area contributed by atoms with Gasteiger partial charge in [-0.25, -0.2) is 9.59 Å². The molecular weight excluding hydrogens is 360 g/mol. The predicted octanol–water partition coefficient (Wildman–Crippen LogP) is 2.20. The van der Waals surface area contributed by atoms with Gasteiger partial charge in [0.05, 0.1) is 7.11 Å². The molecule has 148 valence electrons. The van der Waals surface area contributed by atoms with Gasteiger partial charge in [0.1, 0.15) is 18.7 Å². The van der Waals surface area contributed by atoms with E-state index in [-0.39, 0.29) is 13.0 Å². The number of alkyl carbamates (subject to hydrolysis) is 1. The molecule has 2 aromatic carbocycles. The van der Waals surface area contributed by atoms with Crippen LogP contribution in [0.5, 0.6) is 0 Å². The second-order valence-corrected chi connectivity index (χ2v) is 6.20. The maximum atomic E-state index is 12.6. The van der Waals surface area contributed by atoms with Crippen molar-refractivity contribution in [2.45, 2.75) is 32.0 Å². The van der Waals surface area contributed by atoms with E-state index in [0.29, 0.717) is 0 Å². The Labute approximate surface area is 164 Å². The van der Waals surface area contributed by atoms with Gasteiger partial charge in [-0.05, 0) is 18.1 Å². The molecule has 2 amide bonds. The number of carbonyl (C=O) groups is 3. The van der Waals surface area contributed by atoms with E-state index in [0.717, 1.165) is 11.1 Å². The van der Waals surface area contributed by atoms with Crippen molar-refractivity contribution in [3.63, 3.8) is 0 Å². The van der Waals surface area contributed by atoms with E-state index in [1.807, 2.05) is 60.7 Å². The Balaban J connectivity index is 2.01. The van der Waals surface area contributed by atoms with E-state index in [4.69, 9.17) is 4.74 Å². The fourth-order valence-electron chi connectivity index (χ4n) is 2.52. The number of esters is 1. The second-order valence-electron chi connectivity index (χ2n) is 6.20. The highest BCUT2D eigenvalue weighted by Gasteiger charge is 2.25. The van der Waals surface area contributed by atoms with Crippen molar-refractivity contribution in [3.05, 3.63) is 71.8 Å². The topological polar surface area (TPSA) is 93.7 Å². The summed E-state index contributed by atoms with van der Waals surface area (Å²) >= 11 is 0. The number of benzene rings is 2. The van der Waals surface area contributed by atoms with Gasteiger partial charge >= 0.3 is 12.1 Å². The standard InChI is InChI=1S/C21H24N2O5/c1-15(20(25)27-2)22-19(24)18(13-16-9-5-3-6-10-16)23-21(26)28-14-17-11-7-4-8-12-17/h3-12,15,18H,13-14H2,1-2H3,(H,22,24)(H,23,26)/t15-,18-/m0/s1. The first-order valence-corrected chi connectivity index (χ1v) is 8.89. The van der Waals surface area contributed by atoms with Crippen LogP contribution in [0.2, 0.25) is 0 Å². The van der Waals surface area contributed by atoms with E-state index >= 15 is 0 Å². The van der Waals surface area contributed by atoms with Crippen molar-refractivity contribution < 1.29 is 23.9 Å². The van der Waals surface area contributed by atoms with E-state index in [2.05, 4.69) is 15.4 Å². The SMILES string of the molecule is COC(=O)[C@H](C)NC(=O)[C@H](Cc1ccccc1)NC(=O)OCc1ccccc1. The molecule has 2 N–H and O–H groups in total. The van der Waals surface area contributed by atoms with Crippen LogP contribution < -0.4 is 10.6 Å². The largest absolute Gasteiger partial charge is 0.467 e. The zero-order valence-electron chi connectivity index (χ0n) is 15.9. The average Bonchev–Trinajstić information content (AvgIpc) is 2.72. The van der Waals surface area contributed by atoms with Gasteiger partial charge in [-0.15, -0.1) is 0 Å². The van der Waals surface area contributed by atoms with Crippen LogP contribution in [-0.4, -0.2) is 37.2 Å². The number of rotatable bonds is 8. The van der Waals surface area contributed by atoms with Crippen LogP contribution in [-0.2, 0) is 32.1 Å². The van der Waals surface area contributed by atoms with Crippen LogP contribution in [0, 0.1) is 0 Å². The Morgan fingerprint density at radius 3 is 2.04 bits per heavy atom. The summed E-state index contributed by atoms with van der Waals surface area (Å²) in [5.41, 5.74) is 1.69.